The third kappa shape index (κ3) is 4.58. The molecule has 0 fully saturated rings. The number of aromatic hydroxyl groups is 3. The van der Waals surface area contributed by atoms with Crippen molar-refractivity contribution >= 4 is 23.4 Å². The molecule has 1 aliphatic rings. The molecule has 34 heavy (non-hydrogen) atoms. The predicted octanol–water partition coefficient (Wildman–Crippen LogP) is 3.35. The van der Waals surface area contributed by atoms with E-state index in [2.05, 4.69) is 5.32 Å². The Balaban J connectivity index is 1.61. The van der Waals surface area contributed by atoms with E-state index in [0.717, 1.165) is 17.2 Å². The van der Waals surface area contributed by atoms with Gasteiger partial charge in [-0.15, -0.1) is 0 Å². The number of fused-ring (bicyclic) bond motifs is 1. The fourth-order valence-electron chi connectivity index (χ4n) is 3.99. The van der Waals surface area contributed by atoms with E-state index in [0.29, 0.717) is 12.0 Å². The summed E-state index contributed by atoms with van der Waals surface area (Å²) in [6, 6.07) is 13.6. The van der Waals surface area contributed by atoms with E-state index < -0.39 is 17.7 Å². The highest BCUT2D eigenvalue weighted by atomic mass is 35.5. The zero-order chi connectivity index (χ0) is 24.4. The minimum atomic E-state index is -0.839. The van der Waals surface area contributed by atoms with Gasteiger partial charge in [0.1, 0.15) is 17.5 Å². The number of phenolic OH excluding ortho intramolecular Hbond substituents is 3. The number of hydrogen-bond acceptors (Lipinski definition) is 6. The SMILES string of the molecule is COc1cc(CNC(=O)[C@H]2Cc3ccccc3CN2C(=O)c2cc(Cl)c(O)cc2O)ccc1O. The third-order valence-electron chi connectivity index (χ3n) is 5.82. The van der Waals surface area contributed by atoms with Crippen LogP contribution in [0, 0.1) is 0 Å². The van der Waals surface area contributed by atoms with Gasteiger partial charge in [-0.2, -0.15) is 0 Å². The van der Waals surface area contributed by atoms with Crippen molar-refractivity contribution in [3.63, 3.8) is 0 Å². The van der Waals surface area contributed by atoms with Crippen molar-refractivity contribution in [1.82, 2.24) is 10.2 Å². The van der Waals surface area contributed by atoms with Gasteiger partial charge in [0.25, 0.3) is 5.91 Å². The van der Waals surface area contributed by atoms with Crippen LogP contribution in [0.2, 0.25) is 5.02 Å². The number of nitrogens with one attached hydrogen (secondary N) is 1. The molecule has 8 nitrogen and oxygen atoms in total. The van der Waals surface area contributed by atoms with E-state index in [1.807, 2.05) is 24.3 Å². The number of carbonyl (C=O) groups excluding carboxylic acids is 2. The average molecular weight is 483 g/mol. The molecule has 4 rings (SSSR count). The van der Waals surface area contributed by atoms with Gasteiger partial charge in [0.2, 0.25) is 5.91 Å². The number of benzene rings is 3. The van der Waals surface area contributed by atoms with Crippen molar-refractivity contribution in [3.05, 3.63) is 81.9 Å². The van der Waals surface area contributed by atoms with Crippen molar-refractivity contribution in [3.8, 4) is 23.0 Å². The summed E-state index contributed by atoms with van der Waals surface area (Å²) in [5, 5.41) is 32.5. The molecule has 1 aliphatic heterocycles. The minimum absolute atomic E-state index is 0.00870. The van der Waals surface area contributed by atoms with Crippen molar-refractivity contribution in [2.24, 2.45) is 0 Å². The first-order valence-electron chi connectivity index (χ1n) is 10.5. The van der Waals surface area contributed by atoms with Crippen LogP contribution in [0.15, 0.2) is 54.6 Å². The molecule has 176 valence electrons. The Labute approximate surface area is 201 Å². The first kappa shape index (κ1) is 23.3. The summed E-state index contributed by atoms with van der Waals surface area (Å²) in [5.74, 6) is -1.46. The maximum Gasteiger partial charge on any atom is 0.258 e. The Morgan fingerprint density at radius 3 is 2.50 bits per heavy atom. The molecule has 1 atom stereocenters. The van der Waals surface area contributed by atoms with Crippen molar-refractivity contribution < 1.29 is 29.6 Å². The van der Waals surface area contributed by atoms with Crippen LogP contribution in [-0.4, -0.2) is 45.2 Å². The largest absolute Gasteiger partial charge is 0.507 e. The van der Waals surface area contributed by atoms with E-state index in [1.165, 1.54) is 24.1 Å². The van der Waals surface area contributed by atoms with Gasteiger partial charge in [0, 0.05) is 25.6 Å². The molecule has 3 aromatic carbocycles. The average Bonchev–Trinajstić information content (AvgIpc) is 2.84. The Hall–Kier alpha value is -3.91. The van der Waals surface area contributed by atoms with Gasteiger partial charge in [0.15, 0.2) is 11.5 Å². The standard InChI is InChI=1S/C25H23ClN2O6/c1-34-23-8-14(6-7-20(23)29)12-27-24(32)19-9-15-4-2-3-5-16(15)13-28(19)25(33)17-10-18(26)22(31)11-21(17)30/h2-8,10-11,19,29-31H,9,12-13H2,1H3,(H,27,32)/t19-/m1/s1. The van der Waals surface area contributed by atoms with Crippen LogP contribution >= 0.6 is 11.6 Å². The fraction of sp³-hybridized carbons (Fsp3) is 0.200. The molecule has 1 heterocycles. The number of carbonyl (C=O) groups is 2. The summed E-state index contributed by atoms with van der Waals surface area (Å²) in [7, 11) is 1.44. The summed E-state index contributed by atoms with van der Waals surface area (Å²) in [4.78, 5) is 28.0. The molecule has 0 saturated heterocycles. The number of amides is 2. The number of halogens is 1. The van der Waals surface area contributed by atoms with Gasteiger partial charge in [-0.1, -0.05) is 41.9 Å². The minimum Gasteiger partial charge on any atom is -0.507 e. The zero-order valence-corrected chi connectivity index (χ0v) is 19.0. The second-order valence-electron chi connectivity index (χ2n) is 7.97. The van der Waals surface area contributed by atoms with E-state index in [9.17, 15) is 24.9 Å². The lowest BCUT2D eigenvalue weighted by molar-refractivity contribution is -0.126. The molecule has 2 amide bonds. The van der Waals surface area contributed by atoms with Crippen LogP contribution in [0.25, 0.3) is 0 Å². The summed E-state index contributed by atoms with van der Waals surface area (Å²) < 4.78 is 5.11. The Bertz CT molecular complexity index is 1260. The molecule has 0 unspecified atom stereocenters. The molecule has 0 spiro atoms. The topological polar surface area (TPSA) is 119 Å². The summed E-state index contributed by atoms with van der Waals surface area (Å²) in [6.45, 7) is 0.323. The quantitative estimate of drug-likeness (QED) is 0.443. The summed E-state index contributed by atoms with van der Waals surface area (Å²) >= 11 is 5.96. The van der Waals surface area contributed by atoms with Gasteiger partial charge < -0.3 is 30.3 Å². The molecule has 0 radical (unpaired) electrons. The van der Waals surface area contributed by atoms with Gasteiger partial charge >= 0.3 is 0 Å². The lowest BCUT2D eigenvalue weighted by atomic mass is 9.92. The van der Waals surface area contributed by atoms with Crippen LogP contribution in [0.5, 0.6) is 23.0 Å². The Kier molecular flexibility index (Phi) is 6.51. The molecule has 0 bridgehead atoms. The van der Waals surface area contributed by atoms with Crippen LogP contribution in [0.1, 0.15) is 27.0 Å². The smallest absolute Gasteiger partial charge is 0.258 e. The maximum absolute atomic E-state index is 13.4. The Morgan fingerprint density at radius 1 is 1.03 bits per heavy atom. The molecular weight excluding hydrogens is 460 g/mol. The lowest BCUT2D eigenvalue weighted by Gasteiger charge is -2.36. The number of rotatable bonds is 5. The highest BCUT2D eigenvalue weighted by Gasteiger charge is 2.36. The van der Waals surface area contributed by atoms with Gasteiger partial charge in [-0.05, 0) is 34.9 Å². The van der Waals surface area contributed by atoms with Crippen LogP contribution in [0.3, 0.4) is 0 Å². The molecule has 0 aromatic heterocycles. The van der Waals surface area contributed by atoms with E-state index in [-0.39, 0.29) is 46.8 Å². The number of phenols is 3. The first-order chi connectivity index (χ1) is 16.3. The van der Waals surface area contributed by atoms with Gasteiger partial charge in [-0.3, -0.25) is 9.59 Å². The predicted molar refractivity (Wildman–Crippen MR) is 125 cm³/mol. The normalized spacial score (nSPS) is 14.9. The van der Waals surface area contributed by atoms with Crippen molar-refractivity contribution in [2.45, 2.75) is 25.6 Å². The molecule has 0 saturated carbocycles. The highest BCUT2D eigenvalue weighted by Crippen LogP contribution is 2.34. The monoisotopic (exact) mass is 482 g/mol. The van der Waals surface area contributed by atoms with Crippen molar-refractivity contribution in [1.29, 1.82) is 0 Å². The molecule has 3 aromatic rings. The summed E-state index contributed by atoms with van der Waals surface area (Å²) in [5.41, 5.74) is 2.45. The first-order valence-corrected chi connectivity index (χ1v) is 10.9. The lowest BCUT2D eigenvalue weighted by Crippen LogP contribution is -2.52. The highest BCUT2D eigenvalue weighted by molar-refractivity contribution is 6.32. The maximum atomic E-state index is 13.4. The Morgan fingerprint density at radius 2 is 1.76 bits per heavy atom. The van der Waals surface area contributed by atoms with E-state index >= 15 is 0 Å². The molecular formula is C25H23ClN2O6. The summed E-state index contributed by atoms with van der Waals surface area (Å²) in [6.07, 6.45) is 0.291. The van der Waals surface area contributed by atoms with Gasteiger partial charge in [0.05, 0.1) is 17.7 Å². The van der Waals surface area contributed by atoms with Crippen molar-refractivity contribution in [2.75, 3.05) is 7.11 Å². The van der Waals surface area contributed by atoms with Crippen LogP contribution in [0.4, 0.5) is 0 Å². The molecule has 9 heteroatoms. The molecule has 4 N–H and O–H groups in total. The van der Waals surface area contributed by atoms with E-state index in [4.69, 9.17) is 16.3 Å². The fourth-order valence-corrected chi connectivity index (χ4v) is 4.15. The number of ether oxygens (including phenoxy) is 1. The van der Waals surface area contributed by atoms with Gasteiger partial charge in [-0.25, -0.2) is 0 Å². The number of methoxy groups -OCH3 is 1. The van der Waals surface area contributed by atoms with E-state index in [1.54, 1.807) is 12.1 Å². The number of hydrogen-bond donors (Lipinski definition) is 4. The van der Waals surface area contributed by atoms with Crippen LogP contribution < -0.4 is 10.1 Å². The second-order valence-corrected chi connectivity index (χ2v) is 8.37. The third-order valence-corrected chi connectivity index (χ3v) is 6.12. The molecule has 0 aliphatic carbocycles. The van der Waals surface area contributed by atoms with Crippen LogP contribution in [-0.2, 0) is 24.3 Å². The zero-order valence-electron chi connectivity index (χ0n) is 18.3. The number of nitrogens with zero attached hydrogens (tertiary/aromatic N) is 1. The second kappa shape index (κ2) is 9.52.